The van der Waals surface area contributed by atoms with Crippen LogP contribution in [-0.4, -0.2) is 48.1 Å². The minimum absolute atomic E-state index is 0.137. The third-order valence-corrected chi connectivity index (χ3v) is 5.68. The molecule has 0 amide bonds. The van der Waals surface area contributed by atoms with E-state index < -0.39 is 0 Å². The molecule has 0 saturated heterocycles. The van der Waals surface area contributed by atoms with Gasteiger partial charge in [0.15, 0.2) is 0 Å². The van der Waals surface area contributed by atoms with Gasteiger partial charge in [0.25, 0.3) is 5.56 Å². The van der Waals surface area contributed by atoms with Crippen LogP contribution in [0.1, 0.15) is 21.0 Å². The van der Waals surface area contributed by atoms with E-state index in [9.17, 15) is 4.79 Å². The van der Waals surface area contributed by atoms with Crippen molar-refractivity contribution in [3.63, 3.8) is 0 Å². The van der Waals surface area contributed by atoms with Gasteiger partial charge in [0.1, 0.15) is 0 Å². The number of likely N-dealkylation sites (N-methyl/N-ethyl adjacent to an activating group) is 1. The van der Waals surface area contributed by atoms with Crippen molar-refractivity contribution in [2.75, 3.05) is 33.7 Å². The molecule has 2 aromatic rings. The minimum atomic E-state index is 0.137. The first kappa shape index (κ1) is 17.4. The van der Waals surface area contributed by atoms with Crippen LogP contribution in [0.5, 0.6) is 0 Å². The van der Waals surface area contributed by atoms with Gasteiger partial charge >= 0.3 is 0 Å². The monoisotopic (exact) mass is 345 g/mol. The molecule has 0 unspecified atom stereocenters. The summed E-state index contributed by atoms with van der Waals surface area (Å²) >= 11 is 1.89. The maximum atomic E-state index is 12.3. The van der Waals surface area contributed by atoms with Gasteiger partial charge < -0.3 is 9.47 Å². The molecule has 0 aliphatic carbocycles. The standard InChI is InChI=1S/C19H27N3OS/c1-15-4-6-17(24-15)14-21-10-8-16-5-7-19(23)22(13-12-20(2)3)18(16)9-11-21/h4-7H,8-14H2,1-3H3. The minimum Gasteiger partial charge on any atom is -0.311 e. The first-order valence-electron chi connectivity index (χ1n) is 8.67. The number of fused-ring (bicyclic) bond motifs is 1. The zero-order valence-corrected chi connectivity index (χ0v) is 15.7. The van der Waals surface area contributed by atoms with Crippen molar-refractivity contribution >= 4 is 11.3 Å². The molecule has 0 saturated carbocycles. The molecular formula is C19H27N3OS. The van der Waals surface area contributed by atoms with Crippen LogP contribution in [0, 0.1) is 6.92 Å². The van der Waals surface area contributed by atoms with E-state index in [0.29, 0.717) is 0 Å². The Kier molecular flexibility index (Phi) is 5.54. The highest BCUT2D eigenvalue weighted by atomic mass is 32.1. The summed E-state index contributed by atoms with van der Waals surface area (Å²) in [7, 11) is 4.11. The molecule has 2 aromatic heterocycles. The van der Waals surface area contributed by atoms with Crippen LogP contribution >= 0.6 is 11.3 Å². The molecule has 0 spiro atoms. The number of rotatable bonds is 5. The third-order valence-electron chi connectivity index (χ3n) is 4.70. The molecule has 0 bridgehead atoms. The Labute approximate surface area is 148 Å². The molecule has 5 heteroatoms. The molecule has 0 radical (unpaired) electrons. The van der Waals surface area contributed by atoms with Gasteiger partial charge in [-0.2, -0.15) is 0 Å². The van der Waals surface area contributed by atoms with Gasteiger partial charge in [0, 0.05) is 60.7 Å². The topological polar surface area (TPSA) is 28.5 Å². The van der Waals surface area contributed by atoms with E-state index in [4.69, 9.17) is 0 Å². The molecule has 3 rings (SSSR count). The molecule has 4 nitrogen and oxygen atoms in total. The highest BCUT2D eigenvalue weighted by molar-refractivity contribution is 7.11. The summed E-state index contributed by atoms with van der Waals surface area (Å²) in [6.45, 7) is 6.95. The molecule has 0 atom stereocenters. The first-order chi connectivity index (χ1) is 11.5. The van der Waals surface area contributed by atoms with Crippen LogP contribution in [0.25, 0.3) is 0 Å². The average molecular weight is 346 g/mol. The first-order valence-corrected chi connectivity index (χ1v) is 9.48. The van der Waals surface area contributed by atoms with E-state index >= 15 is 0 Å². The fourth-order valence-electron chi connectivity index (χ4n) is 3.34. The van der Waals surface area contributed by atoms with E-state index in [1.54, 1.807) is 6.07 Å². The number of nitrogens with zero attached hydrogens (tertiary/aromatic N) is 3. The van der Waals surface area contributed by atoms with Crippen LogP contribution in [0.3, 0.4) is 0 Å². The Morgan fingerprint density at radius 1 is 1.12 bits per heavy atom. The van der Waals surface area contributed by atoms with Crippen molar-refractivity contribution in [2.45, 2.75) is 32.9 Å². The Balaban J connectivity index is 1.75. The van der Waals surface area contributed by atoms with E-state index in [0.717, 1.165) is 45.6 Å². The summed E-state index contributed by atoms with van der Waals surface area (Å²) < 4.78 is 1.99. The zero-order chi connectivity index (χ0) is 17.1. The quantitative estimate of drug-likeness (QED) is 0.833. The normalized spacial score (nSPS) is 15.5. The van der Waals surface area contributed by atoms with Crippen LogP contribution < -0.4 is 5.56 Å². The summed E-state index contributed by atoms with van der Waals surface area (Å²) in [5.41, 5.74) is 2.73. The molecule has 3 heterocycles. The summed E-state index contributed by atoms with van der Waals surface area (Å²) in [6.07, 6.45) is 1.99. The second kappa shape index (κ2) is 7.64. The van der Waals surface area contributed by atoms with Crippen molar-refractivity contribution in [2.24, 2.45) is 0 Å². The van der Waals surface area contributed by atoms with Crippen molar-refractivity contribution in [1.82, 2.24) is 14.4 Å². The largest absolute Gasteiger partial charge is 0.311 e. The van der Waals surface area contributed by atoms with E-state index in [1.807, 2.05) is 22.0 Å². The molecule has 0 fully saturated rings. The molecular weight excluding hydrogens is 318 g/mol. The number of hydrogen-bond donors (Lipinski definition) is 0. The fraction of sp³-hybridized carbons (Fsp3) is 0.526. The van der Waals surface area contributed by atoms with Crippen molar-refractivity contribution < 1.29 is 0 Å². The predicted molar refractivity (Wildman–Crippen MR) is 101 cm³/mol. The van der Waals surface area contributed by atoms with Crippen LogP contribution in [-0.2, 0) is 25.9 Å². The number of hydrogen-bond acceptors (Lipinski definition) is 4. The van der Waals surface area contributed by atoms with Crippen LogP contribution in [0.15, 0.2) is 29.1 Å². The Hall–Kier alpha value is -1.43. The molecule has 1 aliphatic heterocycles. The zero-order valence-electron chi connectivity index (χ0n) is 14.9. The van der Waals surface area contributed by atoms with E-state index in [1.165, 1.54) is 21.0 Å². The van der Waals surface area contributed by atoms with Crippen molar-refractivity contribution in [1.29, 1.82) is 0 Å². The summed E-state index contributed by atoms with van der Waals surface area (Å²) in [6, 6.07) is 8.23. The van der Waals surface area contributed by atoms with Gasteiger partial charge in [-0.25, -0.2) is 0 Å². The number of thiophene rings is 1. The summed E-state index contributed by atoms with van der Waals surface area (Å²) in [4.78, 5) is 19.8. The summed E-state index contributed by atoms with van der Waals surface area (Å²) in [5, 5.41) is 0. The van der Waals surface area contributed by atoms with E-state index in [-0.39, 0.29) is 5.56 Å². The molecule has 0 aromatic carbocycles. The molecule has 24 heavy (non-hydrogen) atoms. The van der Waals surface area contributed by atoms with Gasteiger partial charge in [-0.15, -0.1) is 11.3 Å². The maximum Gasteiger partial charge on any atom is 0.250 e. The highest BCUT2D eigenvalue weighted by Gasteiger charge is 2.18. The lowest BCUT2D eigenvalue weighted by Crippen LogP contribution is -2.30. The SMILES string of the molecule is Cc1ccc(CN2CCc3ccc(=O)n(CCN(C)C)c3CC2)s1. The number of aromatic nitrogens is 1. The fourth-order valence-corrected chi connectivity index (χ4v) is 4.27. The maximum absolute atomic E-state index is 12.3. The van der Waals surface area contributed by atoms with E-state index in [2.05, 4.69) is 43.0 Å². The van der Waals surface area contributed by atoms with Crippen molar-refractivity contribution in [3.8, 4) is 0 Å². The number of aryl methyl sites for hydroxylation is 1. The average Bonchev–Trinajstić information content (AvgIpc) is 2.83. The Bertz CT molecular complexity index is 747. The van der Waals surface area contributed by atoms with Gasteiger partial charge in [-0.3, -0.25) is 9.69 Å². The van der Waals surface area contributed by atoms with Gasteiger partial charge in [-0.1, -0.05) is 6.07 Å². The predicted octanol–water partition coefficient (Wildman–Crippen LogP) is 2.38. The molecule has 130 valence electrons. The van der Waals surface area contributed by atoms with Gasteiger partial charge in [0.05, 0.1) is 0 Å². The van der Waals surface area contributed by atoms with Gasteiger partial charge in [0.2, 0.25) is 0 Å². The lowest BCUT2D eigenvalue weighted by Gasteiger charge is -2.19. The second-order valence-electron chi connectivity index (χ2n) is 6.89. The number of pyridine rings is 1. The van der Waals surface area contributed by atoms with Gasteiger partial charge in [-0.05, 0) is 45.1 Å². The smallest absolute Gasteiger partial charge is 0.250 e. The third kappa shape index (κ3) is 4.15. The van der Waals surface area contributed by atoms with Crippen LogP contribution in [0.2, 0.25) is 0 Å². The Morgan fingerprint density at radius 2 is 1.92 bits per heavy atom. The molecule has 0 N–H and O–H groups in total. The lowest BCUT2D eigenvalue weighted by atomic mass is 10.1. The van der Waals surface area contributed by atoms with Crippen LogP contribution in [0.4, 0.5) is 0 Å². The lowest BCUT2D eigenvalue weighted by molar-refractivity contribution is 0.280. The summed E-state index contributed by atoms with van der Waals surface area (Å²) in [5.74, 6) is 0. The Morgan fingerprint density at radius 3 is 2.62 bits per heavy atom. The second-order valence-corrected chi connectivity index (χ2v) is 8.26. The highest BCUT2D eigenvalue weighted by Crippen LogP contribution is 2.20. The molecule has 1 aliphatic rings. The van der Waals surface area contributed by atoms with Crippen molar-refractivity contribution in [3.05, 3.63) is 55.6 Å².